The number of carbonyl (C=O) groups excluding carboxylic acids is 1. The van der Waals surface area contributed by atoms with Gasteiger partial charge in [0, 0.05) is 12.1 Å². The van der Waals surface area contributed by atoms with E-state index >= 15 is 0 Å². The van der Waals surface area contributed by atoms with Gasteiger partial charge >= 0.3 is 0 Å². The minimum Gasteiger partial charge on any atom is -0.497 e. The summed E-state index contributed by atoms with van der Waals surface area (Å²) in [6, 6.07) is 5.06. The van der Waals surface area contributed by atoms with Crippen LogP contribution in [0, 0.1) is 0 Å². The van der Waals surface area contributed by atoms with Crippen molar-refractivity contribution < 1.29 is 22.7 Å². The lowest BCUT2D eigenvalue weighted by atomic mass is 10.2. The SMILES string of the molecule is COc1cc(/C=C/C(=O)NS(C)(=O)=O)cc(OC)c1. The van der Waals surface area contributed by atoms with Crippen molar-refractivity contribution in [2.45, 2.75) is 0 Å². The first-order valence-corrected chi connectivity index (χ1v) is 7.16. The monoisotopic (exact) mass is 285 g/mol. The second-order valence-corrected chi connectivity index (χ2v) is 5.47. The molecule has 6 nitrogen and oxygen atoms in total. The molecule has 104 valence electrons. The molecule has 1 aromatic rings. The number of nitrogens with one attached hydrogen (secondary N) is 1. The maximum atomic E-state index is 11.3. The van der Waals surface area contributed by atoms with Gasteiger partial charge in [0.2, 0.25) is 10.0 Å². The van der Waals surface area contributed by atoms with E-state index in [2.05, 4.69) is 0 Å². The van der Waals surface area contributed by atoms with E-state index in [1.165, 1.54) is 20.3 Å². The molecule has 1 aromatic carbocycles. The van der Waals surface area contributed by atoms with Gasteiger partial charge in [-0.3, -0.25) is 4.79 Å². The summed E-state index contributed by atoms with van der Waals surface area (Å²) in [6.45, 7) is 0. The van der Waals surface area contributed by atoms with Gasteiger partial charge in [-0.2, -0.15) is 0 Å². The first-order valence-electron chi connectivity index (χ1n) is 5.27. The Balaban J connectivity index is 2.89. The van der Waals surface area contributed by atoms with Crippen molar-refractivity contribution >= 4 is 22.0 Å². The zero-order valence-corrected chi connectivity index (χ0v) is 11.7. The van der Waals surface area contributed by atoms with Crippen molar-refractivity contribution in [1.82, 2.24) is 4.72 Å². The molecule has 0 bridgehead atoms. The lowest BCUT2D eigenvalue weighted by Gasteiger charge is -2.05. The fourth-order valence-electron chi connectivity index (χ4n) is 1.31. The summed E-state index contributed by atoms with van der Waals surface area (Å²) in [5.74, 6) is 0.425. The summed E-state index contributed by atoms with van der Waals surface area (Å²) in [4.78, 5) is 11.3. The third-order valence-corrected chi connectivity index (χ3v) is 2.66. The molecule has 0 aromatic heterocycles. The average Bonchev–Trinajstić information content (AvgIpc) is 2.33. The van der Waals surface area contributed by atoms with Crippen LogP contribution in [0.4, 0.5) is 0 Å². The van der Waals surface area contributed by atoms with Gasteiger partial charge in [0.05, 0.1) is 20.5 Å². The van der Waals surface area contributed by atoms with E-state index in [0.717, 1.165) is 12.3 Å². The van der Waals surface area contributed by atoms with Crippen LogP contribution in [0.5, 0.6) is 11.5 Å². The molecular formula is C12H15NO5S. The summed E-state index contributed by atoms with van der Waals surface area (Å²) >= 11 is 0. The predicted octanol–water partition coefficient (Wildman–Crippen LogP) is 0.793. The van der Waals surface area contributed by atoms with E-state index in [1.54, 1.807) is 18.2 Å². The fraction of sp³-hybridized carbons (Fsp3) is 0.250. The second kappa shape index (κ2) is 6.24. The maximum absolute atomic E-state index is 11.3. The first-order chi connectivity index (χ1) is 8.84. The topological polar surface area (TPSA) is 81.7 Å². The Morgan fingerprint density at radius 2 is 1.68 bits per heavy atom. The highest BCUT2D eigenvalue weighted by Gasteiger charge is 2.05. The molecule has 7 heteroatoms. The van der Waals surface area contributed by atoms with Crippen LogP contribution >= 0.6 is 0 Å². The largest absolute Gasteiger partial charge is 0.497 e. The number of rotatable bonds is 5. The zero-order chi connectivity index (χ0) is 14.5. The summed E-state index contributed by atoms with van der Waals surface area (Å²) in [7, 11) is -0.528. The highest BCUT2D eigenvalue weighted by molar-refractivity contribution is 7.89. The third-order valence-electron chi connectivity index (χ3n) is 2.09. The highest BCUT2D eigenvalue weighted by Crippen LogP contribution is 2.23. The normalized spacial score (nSPS) is 11.3. The van der Waals surface area contributed by atoms with Gasteiger partial charge in [-0.25, -0.2) is 13.1 Å². The van der Waals surface area contributed by atoms with E-state index in [1.807, 2.05) is 4.72 Å². The lowest BCUT2D eigenvalue weighted by molar-refractivity contribution is -0.114. The number of methoxy groups -OCH3 is 2. The van der Waals surface area contributed by atoms with Gasteiger partial charge in [0.1, 0.15) is 11.5 Å². The quantitative estimate of drug-likeness (QED) is 0.809. The molecule has 0 heterocycles. The van der Waals surface area contributed by atoms with Crippen molar-refractivity contribution in [2.75, 3.05) is 20.5 Å². The highest BCUT2D eigenvalue weighted by atomic mass is 32.2. The fourth-order valence-corrected chi connectivity index (χ4v) is 1.75. The van der Waals surface area contributed by atoms with Gasteiger partial charge < -0.3 is 9.47 Å². The van der Waals surface area contributed by atoms with Crippen LogP contribution in [0.15, 0.2) is 24.3 Å². The summed E-state index contributed by atoms with van der Waals surface area (Å²) in [5.41, 5.74) is 0.653. The summed E-state index contributed by atoms with van der Waals surface area (Å²) < 4.78 is 33.7. The number of hydrogen-bond acceptors (Lipinski definition) is 5. The number of ether oxygens (including phenoxy) is 2. The molecule has 1 amide bonds. The molecule has 0 aliphatic heterocycles. The molecular weight excluding hydrogens is 270 g/mol. The van der Waals surface area contributed by atoms with Gasteiger partial charge in [0.15, 0.2) is 0 Å². The van der Waals surface area contributed by atoms with Gasteiger partial charge in [-0.15, -0.1) is 0 Å². The first kappa shape index (κ1) is 15.0. The Morgan fingerprint density at radius 1 is 1.16 bits per heavy atom. The van der Waals surface area contributed by atoms with Crippen LogP contribution in [0.3, 0.4) is 0 Å². The van der Waals surface area contributed by atoms with Crippen molar-refractivity contribution in [3.05, 3.63) is 29.8 Å². The zero-order valence-electron chi connectivity index (χ0n) is 10.8. The number of benzene rings is 1. The Kier molecular flexibility index (Phi) is 4.94. The molecule has 1 N–H and O–H groups in total. The maximum Gasteiger partial charge on any atom is 0.257 e. The van der Waals surface area contributed by atoms with E-state index in [4.69, 9.17) is 9.47 Å². The Hall–Kier alpha value is -2.02. The van der Waals surface area contributed by atoms with Crippen LogP contribution in [-0.4, -0.2) is 34.8 Å². The van der Waals surface area contributed by atoms with Gasteiger partial charge in [-0.1, -0.05) is 0 Å². The molecule has 0 spiro atoms. The molecule has 0 saturated heterocycles. The smallest absolute Gasteiger partial charge is 0.257 e. The lowest BCUT2D eigenvalue weighted by Crippen LogP contribution is -2.27. The molecule has 0 atom stereocenters. The molecule has 0 radical (unpaired) electrons. The van der Waals surface area contributed by atoms with Crippen LogP contribution in [0.2, 0.25) is 0 Å². The third kappa shape index (κ3) is 5.43. The Labute approximate surface area is 112 Å². The summed E-state index contributed by atoms with van der Waals surface area (Å²) in [6.07, 6.45) is 3.49. The van der Waals surface area contributed by atoms with Crippen LogP contribution < -0.4 is 14.2 Å². The van der Waals surface area contributed by atoms with Crippen LogP contribution in [-0.2, 0) is 14.8 Å². The van der Waals surface area contributed by atoms with Crippen LogP contribution in [0.25, 0.3) is 6.08 Å². The summed E-state index contributed by atoms with van der Waals surface area (Å²) in [5, 5.41) is 0. The molecule has 0 saturated carbocycles. The minimum absolute atomic E-state index is 0.572. The number of sulfonamides is 1. The number of amides is 1. The molecule has 0 aliphatic carbocycles. The van der Waals surface area contributed by atoms with Gasteiger partial charge in [-0.05, 0) is 23.8 Å². The van der Waals surface area contributed by atoms with Crippen molar-refractivity contribution in [3.63, 3.8) is 0 Å². The molecule has 0 fully saturated rings. The van der Waals surface area contributed by atoms with E-state index in [0.29, 0.717) is 17.1 Å². The van der Waals surface area contributed by atoms with Crippen molar-refractivity contribution in [2.24, 2.45) is 0 Å². The molecule has 0 aliphatic rings. The number of hydrogen-bond donors (Lipinski definition) is 1. The second-order valence-electron chi connectivity index (χ2n) is 3.72. The average molecular weight is 285 g/mol. The van der Waals surface area contributed by atoms with Crippen molar-refractivity contribution in [1.29, 1.82) is 0 Å². The molecule has 1 rings (SSSR count). The van der Waals surface area contributed by atoms with Crippen LogP contribution in [0.1, 0.15) is 5.56 Å². The molecule has 19 heavy (non-hydrogen) atoms. The molecule has 0 unspecified atom stereocenters. The van der Waals surface area contributed by atoms with Gasteiger partial charge in [0.25, 0.3) is 5.91 Å². The van der Waals surface area contributed by atoms with E-state index in [-0.39, 0.29) is 0 Å². The standard InChI is InChI=1S/C12H15NO5S/c1-17-10-6-9(7-11(8-10)18-2)4-5-12(14)13-19(3,15)16/h4-8H,1-3H3,(H,13,14)/b5-4+. The Bertz CT molecular complexity index is 570. The minimum atomic E-state index is -3.55. The Morgan fingerprint density at radius 3 is 2.11 bits per heavy atom. The predicted molar refractivity (Wildman–Crippen MR) is 71.6 cm³/mol. The van der Waals surface area contributed by atoms with E-state index < -0.39 is 15.9 Å². The number of carbonyl (C=O) groups is 1. The van der Waals surface area contributed by atoms with Crippen molar-refractivity contribution in [3.8, 4) is 11.5 Å². The van der Waals surface area contributed by atoms with E-state index in [9.17, 15) is 13.2 Å².